The van der Waals surface area contributed by atoms with Crippen molar-refractivity contribution in [3.05, 3.63) is 34.9 Å². The molecular weight excluding hydrogens is 343 g/mol. The van der Waals surface area contributed by atoms with Gasteiger partial charge in [-0.3, -0.25) is 4.79 Å². The maximum atomic E-state index is 13.5. The van der Waals surface area contributed by atoms with Crippen molar-refractivity contribution in [3.63, 3.8) is 0 Å². The van der Waals surface area contributed by atoms with Gasteiger partial charge in [0.15, 0.2) is 5.78 Å². The van der Waals surface area contributed by atoms with Crippen LogP contribution in [0.25, 0.3) is 0 Å². The summed E-state index contributed by atoms with van der Waals surface area (Å²) in [4.78, 5) is 12.2. The fourth-order valence-electron chi connectivity index (χ4n) is 2.37. The molecule has 24 heavy (non-hydrogen) atoms. The van der Waals surface area contributed by atoms with Gasteiger partial charge in [-0.1, -0.05) is 11.6 Å². The molecular formula is C16H19BClF3O3. The van der Waals surface area contributed by atoms with Gasteiger partial charge in [-0.25, -0.2) is 0 Å². The predicted octanol–water partition coefficient (Wildman–Crippen LogP) is 4.94. The molecule has 1 heterocycles. The molecule has 3 nitrogen and oxygen atoms in total. The van der Waals surface area contributed by atoms with Crippen LogP contribution in [-0.2, 0) is 9.31 Å². The molecule has 8 heteroatoms. The van der Waals surface area contributed by atoms with E-state index in [9.17, 15) is 18.0 Å². The Kier molecular flexibility index (Phi) is 5.10. The van der Waals surface area contributed by atoms with Crippen LogP contribution in [0.5, 0.6) is 0 Å². The minimum atomic E-state index is -4.62. The molecule has 0 amide bonds. The Morgan fingerprint density at radius 2 is 1.58 bits per heavy atom. The Labute approximate surface area is 144 Å². The van der Waals surface area contributed by atoms with Crippen LogP contribution in [0.4, 0.5) is 13.2 Å². The number of halogens is 4. The highest BCUT2D eigenvalue weighted by molar-refractivity contribution is 6.48. The van der Waals surface area contributed by atoms with E-state index in [1.54, 1.807) is 27.7 Å². The number of rotatable bonds is 4. The molecule has 1 aliphatic heterocycles. The number of carbonyl (C=O) groups is 1. The summed E-state index contributed by atoms with van der Waals surface area (Å²) in [6.45, 7) is 6.67. The van der Waals surface area contributed by atoms with Crippen LogP contribution in [0, 0.1) is 0 Å². The van der Waals surface area contributed by atoms with E-state index >= 15 is 0 Å². The van der Waals surface area contributed by atoms with Crippen molar-refractivity contribution in [2.24, 2.45) is 0 Å². The molecule has 0 aromatic heterocycles. The van der Waals surface area contributed by atoms with E-state index in [0.29, 0.717) is 5.02 Å². The number of carbonyl (C=O) groups excluding carboxylic acids is 1. The molecule has 0 N–H and O–H groups in total. The third-order valence-corrected chi connectivity index (χ3v) is 4.84. The lowest BCUT2D eigenvalue weighted by molar-refractivity contribution is -0.138. The smallest absolute Gasteiger partial charge is 0.403 e. The highest BCUT2D eigenvalue weighted by Crippen LogP contribution is 2.46. The summed E-state index contributed by atoms with van der Waals surface area (Å²) in [5.41, 5.74) is -1.63. The summed E-state index contributed by atoms with van der Waals surface area (Å²) in [5.74, 6) is -2.68. The van der Waals surface area contributed by atoms with Crippen molar-refractivity contribution >= 4 is 24.5 Å². The van der Waals surface area contributed by atoms with Crippen molar-refractivity contribution in [2.45, 2.75) is 57.3 Å². The first kappa shape index (κ1) is 19.3. The number of hydrogen-bond acceptors (Lipinski definition) is 3. The predicted molar refractivity (Wildman–Crippen MR) is 86.3 cm³/mol. The van der Waals surface area contributed by atoms with E-state index in [0.717, 1.165) is 0 Å². The normalized spacial score (nSPS) is 20.9. The summed E-state index contributed by atoms with van der Waals surface area (Å²) in [6.07, 6.45) is -5.37. The second kappa shape index (κ2) is 6.35. The lowest BCUT2D eigenvalue weighted by atomic mass is 9.68. The molecule has 1 fully saturated rings. The fraction of sp³-hybridized carbons (Fsp3) is 0.562. The Balaban J connectivity index is 2.22. The van der Waals surface area contributed by atoms with Gasteiger partial charge in [0.2, 0.25) is 0 Å². The first-order chi connectivity index (χ1) is 10.8. The van der Waals surface area contributed by atoms with E-state index in [2.05, 4.69) is 0 Å². The van der Waals surface area contributed by atoms with E-state index in [4.69, 9.17) is 20.9 Å². The van der Waals surface area contributed by atoms with Crippen LogP contribution in [0.2, 0.25) is 10.8 Å². The number of alkyl halides is 3. The van der Waals surface area contributed by atoms with Crippen LogP contribution >= 0.6 is 11.6 Å². The maximum Gasteiger partial charge on any atom is 0.470 e. The van der Waals surface area contributed by atoms with Crippen molar-refractivity contribution in [1.82, 2.24) is 0 Å². The number of Topliss-reactive ketones (excluding diaryl/α,β-unsaturated/α-hetero) is 1. The first-order valence-corrected chi connectivity index (χ1v) is 7.92. The second-order valence-corrected chi connectivity index (χ2v) is 7.34. The van der Waals surface area contributed by atoms with E-state index in [-0.39, 0.29) is 5.56 Å². The molecule has 1 atom stereocenters. The molecule has 0 aliphatic carbocycles. The zero-order chi connectivity index (χ0) is 18.3. The Bertz CT molecular complexity index is 598. The van der Waals surface area contributed by atoms with Crippen LogP contribution in [0.15, 0.2) is 24.3 Å². The fourth-order valence-corrected chi connectivity index (χ4v) is 2.50. The van der Waals surface area contributed by atoms with E-state index in [1.165, 1.54) is 24.3 Å². The maximum absolute atomic E-state index is 13.5. The monoisotopic (exact) mass is 362 g/mol. The highest BCUT2D eigenvalue weighted by Gasteiger charge is 2.60. The summed E-state index contributed by atoms with van der Waals surface area (Å²) in [7, 11) is -1.52. The molecule has 1 aromatic carbocycles. The SMILES string of the molecule is CC1(C)OB(C(CC(=O)c2ccc(Cl)cc2)C(F)(F)F)OC1(C)C. The largest absolute Gasteiger partial charge is 0.470 e. The van der Waals surface area contributed by atoms with Gasteiger partial charge >= 0.3 is 13.3 Å². The molecule has 1 aromatic rings. The highest BCUT2D eigenvalue weighted by atomic mass is 35.5. The Morgan fingerprint density at radius 1 is 1.12 bits per heavy atom. The molecule has 0 spiro atoms. The quantitative estimate of drug-likeness (QED) is 0.562. The lowest BCUT2D eigenvalue weighted by Gasteiger charge is -2.32. The van der Waals surface area contributed by atoms with Gasteiger partial charge in [0.25, 0.3) is 0 Å². The van der Waals surface area contributed by atoms with Crippen LogP contribution in [0.3, 0.4) is 0 Å². The zero-order valence-electron chi connectivity index (χ0n) is 13.9. The number of ketones is 1. The van der Waals surface area contributed by atoms with Crippen molar-refractivity contribution < 1.29 is 27.3 Å². The molecule has 0 bridgehead atoms. The third-order valence-electron chi connectivity index (χ3n) is 4.59. The minimum Gasteiger partial charge on any atom is -0.403 e. The van der Waals surface area contributed by atoms with Crippen LogP contribution < -0.4 is 0 Å². The van der Waals surface area contributed by atoms with Gasteiger partial charge in [0.05, 0.1) is 17.0 Å². The van der Waals surface area contributed by atoms with Crippen LogP contribution in [0.1, 0.15) is 44.5 Å². The lowest BCUT2D eigenvalue weighted by Crippen LogP contribution is -2.41. The number of benzene rings is 1. The molecule has 1 aliphatic rings. The Hall–Kier alpha value is -1.05. The zero-order valence-corrected chi connectivity index (χ0v) is 14.7. The summed E-state index contributed by atoms with van der Waals surface area (Å²) < 4.78 is 51.4. The molecule has 1 unspecified atom stereocenters. The standard InChI is InChI=1S/C16H19BClF3O3/c1-14(2)15(3,4)24-17(23-14)13(16(19,20)21)9-12(22)10-5-7-11(18)8-6-10/h5-8,13H,9H2,1-4H3. The summed E-state index contributed by atoms with van der Waals surface area (Å²) >= 11 is 5.73. The average molecular weight is 363 g/mol. The molecule has 0 saturated carbocycles. The summed E-state index contributed by atoms with van der Waals surface area (Å²) in [5, 5.41) is 0.407. The Morgan fingerprint density at radius 3 is 2.00 bits per heavy atom. The van der Waals surface area contributed by atoms with Gasteiger partial charge in [0.1, 0.15) is 0 Å². The van der Waals surface area contributed by atoms with Crippen molar-refractivity contribution in [2.75, 3.05) is 0 Å². The van der Waals surface area contributed by atoms with E-state index < -0.39 is 42.5 Å². The van der Waals surface area contributed by atoms with Crippen molar-refractivity contribution in [3.8, 4) is 0 Å². The third kappa shape index (κ3) is 3.95. The second-order valence-electron chi connectivity index (χ2n) is 6.91. The number of hydrogen-bond donors (Lipinski definition) is 0. The van der Waals surface area contributed by atoms with Crippen LogP contribution in [-0.4, -0.2) is 30.3 Å². The topological polar surface area (TPSA) is 35.5 Å². The van der Waals surface area contributed by atoms with Gasteiger partial charge in [-0.2, -0.15) is 13.2 Å². The first-order valence-electron chi connectivity index (χ1n) is 7.54. The molecule has 0 radical (unpaired) electrons. The van der Waals surface area contributed by atoms with Gasteiger partial charge in [-0.05, 0) is 52.0 Å². The van der Waals surface area contributed by atoms with Crippen molar-refractivity contribution in [1.29, 1.82) is 0 Å². The van der Waals surface area contributed by atoms with Gasteiger partial charge in [-0.15, -0.1) is 0 Å². The molecule has 1 saturated heterocycles. The van der Waals surface area contributed by atoms with E-state index in [1.807, 2.05) is 0 Å². The molecule has 2 rings (SSSR count). The molecule has 132 valence electrons. The summed E-state index contributed by atoms with van der Waals surface area (Å²) in [6, 6.07) is 5.74. The van der Waals surface area contributed by atoms with Gasteiger partial charge < -0.3 is 9.31 Å². The van der Waals surface area contributed by atoms with Gasteiger partial charge in [0, 0.05) is 17.0 Å². The minimum absolute atomic E-state index is 0.171. The average Bonchev–Trinajstić information content (AvgIpc) is 2.63.